The van der Waals surface area contributed by atoms with Crippen molar-refractivity contribution in [2.24, 2.45) is 0 Å². The van der Waals surface area contributed by atoms with Crippen LogP contribution in [0.15, 0.2) is 49.1 Å². The minimum absolute atomic E-state index is 0.156. The molecule has 37 heavy (non-hydrogen) atoms. The predicted molar refractivity (Wildman–Crippen MR) is 137 cm³/mol. The number of likely N-dealkylation sites (tertiary alicyclic amines) is 1. The van der Waals surface area contributed by atoms with Crippen LogP contribution in [0.2, 0.25) is 5.02 Å². The first kappa shape index (κ1) is 24.6. The zero-order valence-corrected chi connectivity index (χ0v) is 20.8. The molecule has 0 radical (unpaired) electrons. The standard InChI is InChI=1S/C26H25ClFN5O4/c1-14(28)26(35)33-11-8-15(33)13-37-20-12-29-9-6-16(20)22-23(21-18(31-22)7-10-30-25(21)34)32-19-5-3-4-17(27)24(19)36-2/h3-6,9,12,15,31-32H,1,7-8,10-11,13H2,2H3,(H,30,34)/t15-/m0/s1. The number of para-hydroxylation sites is 1. The molecule has 192 valence electrons. The Labute approximate surface area is 217 Å². The first-order valence-corrected chi connectivity index (χ1v) is 12.1. The lowest BCUT2D eigenvalue weighted by Gasteiger charge is -2.40. The predicted octanol–water partition coefficient (Wildman–Crippen LogP) is 4.23. The van der Waals surface area contributed by atoms with E-state index in [2.05, 4.69) is 27.2 Å². The molecule has 3 N–H and O–H groups in total. The number of hydrogen-bond donors (Lipinski definition) is 3. The van der Waals surface area contributed by atoms with E-state index in [4.69, 9.17) is 21.1 Å². The minimum atomic E-state index is -0.992. The van der Waals surface area contributed by atoms with Gasteiger partial charge >= 0.3 is 0 Å². The minimum Gasteiger partial charge on any atom is -0.493 e. The van der Waals surface area contributed by atoms with Gasteiger partial charge in [0, 0.05) is 37.0 Å². The number of aromatic nitrogens is 2. The van der Waals surface area contributed by atoms with Gasteiger partial charge in [0.25, 0.3) is 11.8 Å². The number of benzene rings is 1. The molecule has 2 aromatic heterocycles. The normalized spacial score (nSPS) is 16.4. The number of ether oxygens (including phenoxy) is 2. The third kappa shape index (κ3) is 4.60. The van der Waals surface area contributed by atoms with Crippen LogP contribution in [0.3, 0.4) is 0 Å². The molecule has 0 unspecified atom stereocenters. The number of halogens is 2. The summed E-state index contributed by atoms with van der Waals surface area (Å²) in [6.45, 7) is 4.21. The summed E-state index contributed by atoms with van der Waals surface area (Å²) in [6.07, 6.45) is 4.50. The third-order valence-corrected chi connectivity index (χ3v) is 6.82. The summed E-state index contributed by atoms with van der Waals surface area (Å²) in [6, 6.07) is 6.80. The number of H-pyrrole nitrogens is 1. The first-order valence-electron chi connectivity index (χ1n) is 11.7. The summed E-state index contributed by atoms with van der Waals surface area (Å²) >= 11 is 6.33. The molecule has 0 bridgehead atoms. The number of anilines is 2. The monoisotopic (exact) mass is 525 g/mol. The number of aromatic amines is 1. The highest BCUT2D eigenvalue weighted by molar-refractivity contribution is 6.32. The molecule has 2 aliphatic heterocycles. The molecule has 2 aliphatic rings. The highest BCUT2D eigenvalue weighted by atomic mass is 35.5. The number of nitrogens with one attached hydrogen (secondary N) is 3. The number of carbonyl (C=O) groups excluding carboxylic acids is 2. The smallest absolute Gasteiger partial charge is 0.282 e. The van der Waals surface area contributed by atoms with E-state index in [9.17, 15) is 14.0 Å². The van der Waals surface area contributed by atoms with Crippen molar-refractivity contribution in [3.8, 4) is 22.8 Å². The highest BCUT2D eigenvalue weighted by Gasteiger charge is 2.34. The Morgan fingerprint density at radius 2 is 2.22 bits per heavy atom. The zero-order chi connectivity index (χ0) is 26.1. The Bertz CT molecular complexity index is 1390. The summed E-state index contributed by atoms with van der Waals surface area (Å²) in [4.78, 5) is 33.9. The van der Waals surface area contributed by atoms with Crippen molar-refractivity contribution >= 4 is 34.8 Å². The molecule has 0 aliphatic carbocycles. The molecule has 11 heteroatoms. The number of rotatable bonds is 8. The average molecular weight is 526 g/mol. The van der Waals surface area contributed by atoms with Crippen molar-refractivity contribution in [2.45, 2.75) is 18.9 Å². The van der Waals surface area contributed by atoms with E-state index in [-0.39, 0.29) is 18.6 Å². The van der Waals surface area contributed by atoms with Gasteiger partial charge in [-0.2, -0.15) is 0 Å². The van der Waals surface area contributed by atoms with Gasteiger partial charge in [-0.25, -0.2) is 4.39 Å². The van der Waals surface area contributed by atoms with Gasteiger partial charge < -0.3 is 30.0 Å². The fraction of sp³-hybridized carbons (Fsp3) is 0.269. The molecular formula is C26H25ClFN5O4. The van der Waals surface area contributed by atoms with E-state index in [0.717, 1.165) is 5.69 Å². The van der Waals surface area contributed by atoms with Crippen molar-refractivity contribution in [1.29, 1.82) is 0 Å². The molecule has 2 amide bonds. The Morgan fingerprint density at radius 3 is 2.95 bits per heavy atom. The average Bonchev–Trinajstić information content (AvgIpc) is 3.23. The fourth-order valence-electron chi connectivity index (χ4n) is 4.58. The zero-order valence-electron chi connectivity index (χ0n) is 20.1. The molecule has 5 rings (SSSR count). The fourth-order valence-corrected chi connectivity index (χ4v) is 4.83. The maximum Gasteiger partial charge on any atom is 0.282 e. The number of hydrogen-bond acceptors (Lipinski definition) is 6. The van der Waals surface area contributed by atoms with Crippen molar-refractivity contribution in [2.75, 3.05) is 32.1 Å². The van der Waals surface area contributed by atoms with Gasteiger partial charge in [0.15, 0.2) is 11.6 Å². The van der Waals surface area contributed by atoms with Crippen molar-refractivity contribution in [1.82, 2.24) is 20.2 Å². The Hall–Kier alpha value is -4.05. The van der Waals surface area contributed by atoms with E-state index in [1.54, 1.807) is 36.7 Å². The summed E-state index contributed by atoms with van der Waals surface area (Å²) in [5.74, 6) is -1.04. The van der Waals surface area contributed by atoms with E-state index >= 15 is 0 Å². The molecule has 0 saturated carbocycles. The van der Waals surface area contributed by atoms with Crippen LogP contribution in [-0.4, -0.2) is 59.5 Å². The topological polar surface area (TPSA) is 109 Å². The van der Waals surface area contributed by atoms with Crippen LogP contribution < -0.4 is 20.1 Å². The number of fused-ring (bicyclic) bond motifs is 1. The van der Waals surface area contributed by atoms with E-state index in [1.807, 2.05) is 0 Å². The molecule has 1 fully saturated rings. The van der Waals surface area contributed by atoms with Gasteiger partial charge in [-0.3, -0.25) is 14.6 Å². The maximum atomic E-state index is 13.3. The Balaban J connectivity index is 1.51. The number of amides is 2. The van der Waals surface area contributed by atoms with E-state index in [1.165, 1.54) is 12.0 Å². The number of pyridine rings is 1. The van der Waals surface area contributed by atoms with Crippen LogP contribution in [0.25, 0.3) is 11.3 Å². The second-order valence-electron chi connectivity index (χ2n) is 8.71. The van der Waals surface area contributed by atoms with Crippen molar-refractivity contribution < 1.29 is 23.5 Å². The Morgan fingerprint density at radius 1 is 1.38 bits per heavy atom. The summed E-state index contributed by atoms with van der Waals surface area (Å²) < 4.78 is 24.9. The highest BCUT2D eigenvalue weighted by Crippen LogP contribution is 2.43. The second-order valence-corrected chi connectivity index (χ2v) is 9.12. The van der Waals surface area contributed by atoms with E-state index < -0.39 is 11.7 Å². The summed E-state index contributed by atoms with van der Waals surface area (Å²) in [5, 5.41) is 6.65. The molecule has 3 aromatic rings. The van der Waals surface area contributed by atoms with Gasteiger partial charge in [0.05, 0.1) is 47.0 Å². The summed E-state index contributed by atoms with van der Waals surface area (Å²) in [7, 11) is 1.52. The second kappa shape index (κ2) is 10.1. The number of methoxy groups -OCH3 is 1. The molecule has 4 heterocycles. The quantitative estimate of drug-likeness (QED) is 0.380. The maximum absolute atomic E-state index is 13.3. The van der Waals surface area contributed by atoms with Gasteiger partial charge in [0.2, 0.25) is 0 Å². The third-order valence-electron chi connectivity index (χ3n) is 6.52. The molecule has 1 aromatic carbocycles. The van der Waals surface area contributed by atoms with Gasteiger partial charge in [-0.1, -0.05) is 24.2 Å². The SMILES string of the molecule is C=C(F)C(=O)N1CC[C@H]1COc1cnccc1-c1[nH]c2c(c1Nc1cccc(Cl)c1OC)C(=O)NCC2. The first-order chi connectivity index (χ1) is 17.9. The van der Waals surface area contributed by atoms with Crippen molar-refractivity contribution in [3.63, 3.8) is 0 Å². The lowest BCUT2D eigenvalue weighted by molar-refractivity contribution is -0.137. The van der Waals surface area contributed by atoms with Crippen LogP contribution in [0.5, 0.6) is 11.5 Å². The molecule has 9 nitrogen and oxygen atoms in total. The molecule has 1 saturated heterocycles. The molecular weight excluding hydrogens is 501 g/mol. The Kier molecular flexibility index (Phi) is 6.75. The summed E-state index contributed by atoms with van der Waals surface area (Å²) in [5.41, 5.74) is 3.68. The van der Waals surface area contributed by atoms with Crippen molar-refractivity contribution in [3.05, 3.63) is 65.3 Å². The van der Waals surface area contributed by atoms with Crippen LogP contribution >= 0.6 is 11.6 Å². The van der Waals surface area contributed by atoms with Gasteiger partial charge in [-0.15, -0.1) is 0 Å². The van der Waals surface area contributed by atoms with Crippen LogP contribution in [0, 0.1) is 0 Å². The number of carbonyl (C=O) groups is 2. The number of nitrogens with zero attached hydrogens (tertiary/aromatic N) is 2. The lowest BCUT2D eigenvalue weighted by atomic mass is 10.0. The molecule has 1 atom stereocenters. The van der Waals surface area contributed by atoms with Crippen LogP contribution in [0.1, 0.15) is 22.5 Å². The molecule has 0 spiro atoms. The van der Waals surface area contributed by atoms with Crippen LogP contribution in [-0.2, 0) is 11.2 Å². The van der Waals surface area contributed by atoms with Gasteiger partial charge in [-0.05, 0) is 24.6 Å². The van der Waals surface area contributed by atoms with Crippen LogP contribution in [0.4, 0.5) is 15.8 Å². The lowest BCUT2D eigenvalue weighted by Crippen LogP contribution is -2.54. The van der Waals surface area contributed by atoms with E-state index in [0.29, 0.717) is 70.6 Å². The van der Waals surface area contributed by atoms with Gasteiger partial charge in [0.1, 0.15) is 12.4 Å². The largest absolute Gasteiger partial charge is 0.493 e.